The van der Waals surface area contributed by atoms with E-state index in [1.54, 1.807) is 37.5 Å². The molecule has 2 aromatic carbocycles. The molecule has 8 heteroatoms. The molecule has 0 aliphatic rings. The van der Waals surface area contributed by atoms with Gasteiger partial charge in [0.1, 0.15) is 11.6 Å². The zero-order valence-corrected chi connectivity index (χ0v) is 16.5. The van der Waals surface area contributed by atoms with Gasteiger partial charge >= 0.3 is 5.97 Å². The molecule has 1 aromatic heterocycles. The molecular weight excluding hydrogens is 400 g/mol. The third kappa shape index (κ3) is 5.40. The Bertz CT molecular complexity index is 1010. The summed E-state index contributed by atoms with van der Waals surface area (Å²) in [6.07, 6.45) is 2.04. The van der Waals surface area contributed by atoms with E-state index in [1.807, 2.05) is 0 Å². The second-order valence-electron chi connectivity index (χ2n) is 6.80. The number of aliphatic carboxylic acids is 1. The van der Waals surface area contributed by atoms with Crippen LogP contribution in [0.2, 0.25) is 5.02 Å². The minimum absolute atomic E-state index is 0.0679. The van der Waals surface area contributed by atoms with Gasteiger partial charge in [-0.2, -0.15) is 5.10 Å². The Kier molecular flexibility index (Phi) is 6.61. The number of nitrogens with zero attached hydrogens (tertiary/aromatic N) is 2. The zero-order valence-electron chi connectivity index (χ0n) is 15.7. The van der Waals surface area contributed by atoms with Gasteiger partial charge in [-0.1, -0.05) is 23.7 Å². The number of hydrogen-bond donors (Lipinski definition) is 2. The number of aromatic nitrogens is 2. The molecule has 3 aromatic rings. The van der Waals surface area contributed by atoms with E-state index in [9.17, 15) is 18.7 Å². The average molecular weight is 420 g/mol. The second-order valence-corrected chi connectivity index (χ2v) is 7.23. The number of rotatable bonds is 8. The third-order valence-corrected chi connectivity index (χ3v) is 4.79. The van der Waals surface area contributed by atoms with Gasteiger partial charge in [-0.15, -0.1) is 0 Å². The summed E-state index contributed by atoms with van der Waals surface area (Å²) >= 11 is 5.86. The molecule has 0 fully saturated rings. The Morgan fingerprint density at radius 1 is 1.24 bits per heavy atom. The van der Waals surface area contributed by atoms with Crippen LogP contribution in [0.5, 0.6) is 0 Å². The first-order valence-electron chi connectivity index (χ1n) is 8.99. The standard InChI is InChI=1S/C21H20ClF2N3O2/c1-27-12-15(20(26-27)18-9-17(23)6-7-19(18)24)11-25-10-14(21(28)29)8-13-2-4-16(22)5-3-13/h2-7,9,12,14,25H,8,10-11H2,1H3,(H,28,29). The van der Waals surface area contributed by atoms with Crippen molar-refractivity contribution >= 4 is 17.6 Å². The van der Waals surface area contributed by atoms with Crippen molar-refractivity contribution < 1.29 is 18.7 Å². The number of aryl methyl sites for hydroxylation is 1. The van der Waals surface area contributed by atoms with Crippen molar-refractivity contribution in [3.8, 4) is 11.3 Å². The van der Waals surface area contributed by atoms with E-state index < -0.39 is 23.5 Å². The summed E-state index contributed by atoms with van der Waals surface area (Å²) in [7, 11) is 1.69. The fourth-order valence-electron chi connectivity index (χ4n) is 3.11. The van der Waals surface area contributed by atoms with Crippen molar-refractivity contribution in [3.05, 3.63) is 76.4 Å². The van der Waals surface area contributed by atoms with E-state index in [-0.39, 0.29) is 18.7 Å². The van der Waals surface area contributed by atoms with Crippen LogP contribution in [0.4, 0.5) is 8.78 Å². The first kappa shape index (κ1) is 21.0. The number of carbonyl (C=O) groups is 1. The smallest absolute Gasteiger partial charge is 0.308 e. The number of hydrogen-bond acceptors (Lipinski definition) is 3. The highest BCUT2D eigenvalue weighted by atomic mass is 35.5. The number of carboxylic acids is 1. The highest BCUT2D eigenvalue weighted by Gasteiger charge is 2.19. The van der Waals surface area contributed by atoms with E-state index in [4.69, 9.17) is 11.6 Å². The van der Waals surface area contributed by atoms with Crippen molar-refractivity contribution in [3.63, 3.8) is 0 Å². The molecule has 0 spiro atoms. The Morgan fingerprint density at radius 3 is 2.66 bits per heavy atom. The summed E-state index contributed by atoms with van der Waals surface area (Å²) in [5, 5.41) is 17.4. The monoisotopic (exact) mass is 419 g/mol. The summed E-state index contributed by atoms with van der Waals surface area (Å²) < 4.78 is 29.2. The minimum atomic E-state index is -0.921. The molecule has 5 nitrogen and oxygen atoms in total. The van der Waals surface area contributed by atoms with E-state index in [0.717, 1.165) is 23.8 Å². The van der Waals surface area contributed by atoms with Gasteiger partial charge in [-0.3, -0.25) is 9.48 Å². The van der Waals surface area contributed by atoms with Crippen LogP contribution in [-0.4, -0.2) is 27.4 Å². The van der Waals surface area contributed by atoms with E-state index in [2.05, 4.69) is 10.4 Å². The molecule has 1 unspecified atom stereocenters. The van der Waals surface area contributed by atoms with Gasteiger partial charge in [-0.05, 0) is 42.3 Å². The Balaban J connectivity index is 1.70. The second kappa shape index (κ2) is 9.15. The molecule has 0 saturated heterocycles. The predicted molar refractivity (Wildman–Crippen MR) is 107 cm³/mol. The molecule has 2 N–H and O–H groups in total. The maximum atomic E-state index is 14.1. The normalized spacial score (nSPS) is 12.1. The minimum Gasteiger partial charge on any atom is -0.481 e. The van der Waals surface area contributed by atoms with Crippen LogP contribution in [0.1, 0.15) is 11.1 Å². The molecule has 0 bridgehead atoms. The van der Waals surface area contributed by atoms with Crippen LogP contribution in [0.15, 0.2) is 48.7 Å². The third-order valence-electron chi connectivity index (χ3n) is 4.54. The number of carboxylic acid groups (broad SMARTS) is 1. The van der Waals surface area contributed by atoms with E-state index >= 15 is 0 Å². The van der Waals surface area contributed by atoms with Crippen molar-refractivity contribution in [2.24, 2.45) is 13.0 Å². The molecule has 0 aliphatic carbocycles. The summed E-state index contributed by atoms with van der Waals surface area (Å²) in [6.45, 7) is 0.474. The van der Waals surface area contributed by atoms with Crippen LogP contribution in [0, 0.1) is 17.6 Å². The van der Waals surface area contributed by atoms with Crippen molar-refractivity contribution in [1.82, 2.24) is 15.1 Å². The van der Waals surface area contributed by atoms with Crippen LogP contribution in [0.3, 0.4) is 0 Å². The van der Waals surface area contributed by atoms with Gasteiger partial charge in [0, 0.05) is 42.5 Å². The van der Waals surface area contributed by atoms with Gasteiger partial charge < -0.3 is 10.4 Å². The highest BCUT2D eigenvalue weighted by molar-refractivity contribution is 6.30. The lowest BCUT2D eigenvalue weighted by molar-refractivity contribution is -0.141. The van der Waals surface area contributed by atoms with Crippen LogP contribution in [0.25, 0.3) is 11.3 Å². The quantitative estimate of drug-likeness (QED) is 0.578. The highest BCUT2D eigenvalue weighted by Crippen LogP contribution is 2.25. The number of benzene rings is 2. The van der Waals surface area contributed by atoms with Crippen molar-refractivity contribution in [1.29, 1.82) is 0 Å². The zero-order chi connectivity index (χ0) is 21.0. The predicted octanol–water partition coefficient (Wildman–Crippen LogP) is 4.05. The van der Waals surface area contributed by atoms with E-state index in [0.29, 0.717) is 22.7 Å². The molecule has 152 valence electrons. The lowest BCUT2D eigenvalue weighted by Crippen LogP contribution is -2.29. The fraction of sp³-hybridized carbons (Fsp3) is 0.238. The maximum Gasteiger partial charge on any atom is 0.308 e. The van der Waals surface area contributed by atoms with Gasteiger partial charge in [0.15, 0.2) is 0 Å². The molecule has 0 aliphatic heterocycles. The van der Waals surface area contributed by atoms with Gasteiger partial charge in [0.05, 0.1) is 11.6 Å². The molecule has 0 saturated carbocycles. The van der Waals surface area contributed by atoms with Crippen LogP contribution in [-0.2, 0) is 24.8 Å². The van der Waals surface area contributed by atoms with Crippen LogP contribution >= 0.6 is 11.6 Å². The first-order chi connectivity index (χ1) is 13.8. The molecule has 1 atom stereocenters. The molecule has 1 heterocycles. The summed E-state index contributed by atoms with van der Waals surface area (Å²) in [4.78, 5) is 11.6. The molecule has 29 heavy (non-hydrogen) atoms. The Labute approximate surface area is 171 Å². The van der Waals surface area contributed by atoms with Crippen molar-refractivity contribution in [2.75, 3.05) is 6.54 Å². The van der Waals surface area contributed by atoms with E-state index in [1.165, 1.54) is 4.68 Å². The summed E-state index contributed by atoms with van der Waals surface area (Å²) in [6, 6.07) is 10.2. The Morgan fingerprint density at radius 2 is 1.97 bits per heavy atom. The average Bonchev–Trinajstić information content (AvgIpc) is 3.04. The summed E-state index contributed by atoms with van der Waals surface area (Å²) in [5.74, 6) is -2.70. The van der Waals surface area contributed by atoms with Crippen molar-refractivity contribution in [2.45, 2.75) is 13.0 Å². The lowest BCUT2D eigenvalue weighted by atomic mass is 9.99. The van der Waals surface area contributed by atoms with Gasteiger partial charge in [-0.25, -0.2) is 8.78 Å². The topological polar surface area (TPSA) is 67.2 Å². The number of nitrogens with one attached hydrogen (secondary N) is 1. The van der Waals surface area contributed by atoms with Gasteiger partial charge in [0.2, 0.25) is 0 Å². The molecule has 0 radical (unpaired) electrons. The van der Waals surface area contributed by atoms with Gasteiger partial charge in [0.25, 0.3) is 0 Å². The first-order valence-corrected chi connectivity index (χ1v) is 9.37. The van der Waals surface area contributed by atoms with Crippen LogP contribution < -0.4 is 5.32 Å². The SMILES string of the molecule is Cn1cc(CNCC(Cc2ccc(Cl)cc2)C(=O)O)c(-c2cc(F)ccc2F)n1. The maximum absolute atomic E-state index is 14.1. The lowest BCUT2D eigenvalue weighted by Gasteiger charge is -2.14. The Hall–Kier alpha value is -2.77. The fourth-order valence-corrected chi connectivity index (χ4v) is 3.23. The molecule has 0 amide bonds. The summed E-state index contributed by atoms with van der Waals surface area (Å²) in [5.41, 5.74) is 1.90. The molecule has 3 rings (SSSR count). The largest absolute Gasteiger partial charge is 0.481 e. The molecular formula is C21H20ClF2N3O2. The number of halogens is 3.